The number of carbonyl (C=O) groups excluding carboxylic acids is 2. The SMILES string of the molecule is COCCN1C(=O)S/C(=C/c2ccc(OCC(=O)O)c(Br)c2)C1=O. The molecule has 1 saturated heterocycles. The van der Waals surface area contributed by atoms with E-state index < -0.39 is 12.6 Å². The fraction of sp³-hybridized carbons (Fsp3) is 0.267. The molecule has 0 radical (unpaired) electrons. The van der Waals surface area contributed by atoms with Crippen LogP contribution in [0.15, 0.2) is 27.6 Å². The second-order valence-corrected chi connectivity index (χ2v) is 6.55. The Bertz CT molecular complexity index is 705. The van der Waals surface area contributed by atoms with Crippen molar-refractivity contribution in [3.63, 3.8) is 0 Å². The van der Waals surface area contributed by atoms with E-state index in [1.807, 2.05) is 0 Å². The lowest BCUT2D eigenvalue weighted by atomic mass is 10.2. The fourth-order valence-electron chi connectivity index (χ4n) is 1.89. The molecule has 0 unspecified atom stereocenters. The molecular weight excluding hydrogens is 402 g/mol. The van der Waals surface area contributed by atoms with Crippen molar-refractivity contribution in [2.24, 2.45) is 0 Å². The normalized spacial score (nSPS) is 16.1. The summed E-state index contributed by atoms with van der Waals surface area (Å²) in [6.45, 7) is 0.0486. The highest BCUT2D eigenvalue weighted by Crippen LogP contribution is 2.33. The molecule has 0 atom stereocenters. The van der Waals surface area contributed by atoms with Gasteiger partial charge in [0.25, 0.3) is 11.1 Å². The lowest BCUT2D eigenvalue weighted by molar-refractivity contribution is -0.139. The van der Waals surface area contributed by atoms with Crippen molar-refractivity contribution in [2.45, 2.75) is 0 Å². The van der Waals surface area contributed by atoms with Gasteiger partial charge in [-0.2, -0.15) is 0 Å². The lowest BCUT2D eigenvalue weighted by Crippen LogP contribution is -2.31. The Balaban J connectivity index is 2.13. The second-order valence-electron chi connectivity index (χ2n) is 4.70. The number of thioether (sulfide) groups is 1. The molecule has 1 heterocycles. The molecule has 2 rings (SSSR count). The zero-order chi connectivity index (χ0) is 17.7. The minimum Gasteiger partial charge on any atom is -0.481 e. The average molecular weight is 416 g/mol. The minimum atomic E-state index is -1.07. The summed E-state index contributed by atoms with van der Waals surface area (Å²) in [5.74, 6) is -1.05. The molecule has 24 heavy (non-hydrogen) atoms. The maximum absolute atomic E-state index is 12.2. The molecule has 0 aliphatic carbocycles. The Morgan fingerprint density at radius 3 is 2.79 bits per heavy atom. The third-order valence-electron chi connectivity index (χ3n) is 3.00. The van der Waals surface area contributed by atoms with Gasteiger partial charge in [-0.05, 0) is 51.5 Å². The van der Waals surface area contributed by atoms with Crippen molar-refractivity contribution >= 4 is 50.9 Å². The standard InChI is InChI=1S/C15H14BrNO6S/c1-22-5-4-17-14(20)12(24-15(17)21)7-9-2-3-11(10(16)6-9)23-8-13(18)19/h2-3,6-7H,4-5,8H2,1H3,(H,18,19)/b12-7+. The number of amides is 2. The molecule has 1 aliphatic heterocycles. The summed E-state index contributed by atoms with van der Waals surface area (Å²) in [5, 5.41) is 8.29. The number of rotatable bonds is 7. The highest BCUT2D eigenvalue weighted by molar-refractivity contribution is 9.10. The van der Waals surface area contributed by atoms with Crippen LogP contribution in [0.4, 0.5) is 4.79 Å². The number of carboxylic acids is 1. The van der Waals surface area contributed by atoms with E-state index in [4.69, 9.17) is 14.6 Å². The lowest BCUT2D eigenvalue weighted by Gasteiger charge is -2.10. The first-order valence-corrected chi connectivity index (χ1v) is 8.41. The van der Waals surface area contributed by atoms with Crippen LogP contribution >= 0.6 is 27.7 Å². The van der Waals surface area contributed by atoms with Crippen LogP contribution < -0.4 is 4.74 Å². The molecule has 1 fully saturated rings. The number of ether oxygens (including phenoxy) is 2. The number of carboxylic acid groups (broad SMARTS) is 1. The molecular formula is C15H14BrNO6S. The number of imide groups is 1. The molecule has 0 spiro atoms. The van der Waals surface area contributed by atoms with Crippen LogP contribution in [0.1, 0.15) is 5.56 Å². The Kier molecular flexibility index (Phi) is 6.41. The highest BCUT2D eigenvalue weighted by Gasteiger charge is 2.34. The Labute approximate surface area is 150 Å². The van der Waals surface area contributed by atoms with Gasteiger partial charge < -0.3 is 14.6 Å². The van der Waals surface area contributed by atoms with Gasteiger partial charge in [-0.25, -0.2) is 4.79 Å². The molecule has 9 heteroatoms. The molecule has 1 aromatic rings. The first kappa shape index (κ1) is 18.5. The van der Waals surface area contributed by atoms with Crippen LogP contribution in [0.3, 0.4) is 0 Å². The van der Waals surface area contributed by atoms with E-state index >= 15 is 0 Å². The van der Waals surface area contributed by atoms with Crippen LogP contribution in [-0.2, 0) is 14.3 Å². The van der Waals surface area contributed by atoms with E-state index in [1.165, 1.54) is 7.11 Å². The van der Waals surface area contributed by atoms with E-state index in [9.17, 15) is 14.4 Å². The van der Waals surface area contributed by atoms with Crippen molar-refractivity contribution in [3.8, 4) is 5.75 Å². The van der Waals surface area contributed by atoms with Gasteiger partial charge >= 0.3 is 5.97 Å². The molecule has 2 amide bonds. The number of hydrogen-bond acceptors (Lipinski definition) is 6. The van der Waals surface area contributed by atoms with Gasteiger partial charge in [0.15, 0.2) is 6.61 Å². The van der Waals surface area contributed by atoms with E-state index in [0.717, 1.165) is 16.7 Å². The topological polar surface area (TPSA) is 93.1 Å². The summed E-state index contributed by atoms with van der Waals surface area (Å²) in [5.41, 5.74) is 0.682. The number of methoxy groups -OCH3 is 1. The zero-order valence-electron chi connectivity index (χ0n) is 12.7. The smallest absolute Gasteiger partial charge is 0.341 e. The van der Waals surface area contributed by atoms with Crippen LogP contribution in [0.25, 0.3) is 6.08 Å². The Morgan fingerprint density at radius 1 is 1.42 bits per heavy atom. The number of halogens is 1. The predicted molar refractivity (Wildman–Crippen MR) is 91.8 cm³/mol. The van der Waals surface area contributed by atoms with E-state index in [-0.39, 0.29) is 24.3 Å². The van der Waals surface area contributed by atoms with Crippen LogP contribution in [0, 0.1) is 0 Å². The fourth-order valence-corrected chi connectivity index (χ4v) is 3.27. The monoisotopic (exact) mass is 415 g/mol. The van der Waals surface area contributed by atoms with Crippen LogP contribution in [-0.4, -0.2) is 54.0 Å². The third-order valence-corrected chi connectivity index (χ3v) is 4.52. The van der Waals surface area contributed by atoms with Crippen molar-refractivity contribution in [1.82, 2.24) is 4.90 Å². The summed E-state index contributed by atoms with van der Waals surface area (Å²) in [7, 11) is 1.50. The van der Waals surface area contributed by atoms with Gasteiger partial charge in [0.1, 0.15) is 5.75 Å². The maximum Gasteiger partial charge on any atom is 0.341 e. The first-order chi connectivity index (χ1) is 11.4. The predicted octanol–water partition coefficient (Wildman–Crippen LogP) is 2.60. The molecule has 128 valence electrons. The quantitative estimate of drug-likeness (QED) is 0.683. The second kappa shape index (κ2) is 8.32. The molecule has 1 aliphatic rings. The van der Waals surface area contributed by atoms with Crippen molar-refractivity contribution in [3.05, 3.63) is 33.1 Å². The van der Waals surface area contributed by atoms with Gasteiger partial charge in [0, 0.05) is 7.11 Å². The third kappa shape index (κ3) is 4.59. The first-order valence-electron chi connectivity index (χ1n) is 6.81. The maximum atomic E-state index is 12.2. The average Bonchev–Trinajstić information content (AvgIpc) is 2.78. The van der Waals surface area contributed by atoms with Gasteiger partial charge in [-0.1, -0.05) is 6.07 Å². The largest absolute Gasteiger partial charge is 0.481 e. The van der Waals surface area contributed by atoms with Gasteiger partial charge in [-0.15, -0.1) is 0 Å². The molecule has 0 bridgehead atoms. The van der Waals surface area contributed by atoms with Crippen molar-refractivity contribution in [2.75, 3.05) is 26.9 Å². The summed E-state index contributed by atoms with van der Waals surface area (Å²) < 4.78 is 10.5. The van der Waals surface area contributed by atoms with E-state index in [0.29, 0.717) is 20.7 Å². The van der Waals surface area contributed by atoms with Crippen molar-refractivity contribution in [1.29, 1.82) is 0 Å². The minimum absolute atomic E-state index is 0.212. The number of carbonyl (C=O) groups is 3. The zero-order valence-corrected chi connectivity index (χ0v) is 15.1. The Morgan fingerprint density at radius 2 is 2.17 bits per heavy atom. The summed E-state index contributed by atoms with van der Waals surface area (Å²) in [6.07, 6.45) is 1.60. The number of nitrogens with zero attached hydrogens (tertiary/aromatic N) is 1. The molecule has 1 aromatic carbocycles. The van der Waals surface area contributed by atoms with E-state index in [2.05, 4.69) is 15.9 Å². The summed E-state index contributed by atoms with van der Waals surface area (Å²) in [4.78, 5) is 36.0. The number of hydrogen-bond donors (Lipinski definition) is 1. The summed E-state index contributed by atoms with van der Waals surface area (Å²) in [6, 6.07) is 4.94. The van der Waals surface area contributed by atoms with Gasteiger partial charge in [0.05, 0.1) is 22.5 Å². The molecule has 0 saturated carbocycles. The van der Waals surface area contributed by atoms with Gasteiger partial charge in [0.2, 0.25) is 0 Å². The van der Waals surface area contributed by atoms with E-state index in [1.54, 1.807) is 24.3 Å². The molecule has 7 nitrogen and oxygen atoms in total. The van der Waals surface area contributed by atoms with Crippen LogP contribution in [0.2, 0.25) is 0 Å². The van der Waals surface area contributed by atoms with Crippen LogP contribution in [0.5, 0.6) is 5.75 Å². The number of aliphatic carboxylic acids is 1. The summed E-state index contributed by atoms with van der Waals surface area (Å²) >= 11 is 4.16. The van der Waals surface area contributed by atoms with Gasteiger partial charge in [-0.3, -0.25) is 14.5 Å². The Hall–Kier alpha value is -1.84. The van der Waals surface area contributed by atoms with Crippen molar-refractivity contribution < 1.29 is 29.0 Å². The highest BCUT2D eigenvalue weighted by atomic mass is 79.9. The number of benzene rings is 1. The molecule has 0 aromatic heterocycles. The molecule has 1 N–H and O–H groups in total.